The van der Waals surface area contributed by atoms with Gasteiger partial charge in [-0.15, -0.1) is 0 Å². The second-order valence-electron chi connectivity index (χ2n) is 32.0. The molecule has 47 heteroatoms. The summed E-state index contributed by atoms with van der Waals surface area (Å²) in [6.45, 7) is 14.1. The van der Waals surface area contributed by atoms with Crippen molar-refractivity contribution >= 4 is 141 Å². The van der Waals surface area contributed by atoms with Crippen LogP contribution in [0.1, 0.15) is 174 Å². The van der Waals surface area contributed by atoms with E-state index < -0.39 is 255 Å². The van der Waals surface area contributed by atoms with Crippen LogP contribution >= 0.6 is 0 Å². The van der Waals surface area contributed by atoms with Gasteiger partial charge in [0, 0.05) is 71.6 Å². The number of para-hydroxylation sites is 1. The lowest BCUT2D eigenvalue weighted by molar-refractivity contribution is -0.155. The quantitative estimate of drug-likeness (QED) is 0.00521. The maximum Gasteiger partial charge on any atom is 0.408 e. The summed E-state index contributed by atoms with van der Waals surface area (Å²) in [6, 6.07) is -7.65. The Hall–Kier alpha value is -14.2. The van der Waals surface area contributed by atoms with Gasteiger partial charge in [0.2, 0.25) is 76.8 Å². The highest BCUT2D eigenvalue weighted by atomic mass is 16.6. The lowest BCUT2D eigenvalue weighted by atomic mass is 10.0. The number of rotatable bonds is 63. The molecular weight excluding hydrogens is 1770 g/mol. The van der Waals surface area contributed by atoms with E-state index in [0.29, 0.717) is 29.3 Å². The average Bonchev–Trinajstić information content (AvgIpc) is 1.71. The number of amides is 14. The van der Waals surface area contributed by atoms with Crippen LogP contribution in [0.2, 0.25) is 0 Å². The summed E-state index contributed by atoms with van der Waals surface area (Å²) in [4.78, 5) is 296. The minimum atomic E-state index is -2.31. The van der Waals surface area contributed by atoms with E-state index in [2.05, 4.69) is 115 Å². The molecule has 3 rings (SSSR count). The number of azide groups is 1. The van der Waals surface area contributed by atoms with Crippen LogP contribution in [0, 0.1) is 0 Å². The van der Waals surface area contributed by atoms with Crippen LogP contribution in [0.4, 0.5) is 10.5 Å². The highest BCUT2D eigenvalue weighted by Gasteiger charge is 2.41. The third-order valence-electron chi connectivity index (χ3n) is 19.9. The van der Waals surface area contributed by atoms with E-state index in [1.54, 1.807) is 51.2 Å². The minimum Gasteiger partial charge on any atom is -0.469 e. The van der Waals surface area contributed by atoms with Gasteiger partial charge in [-0.05, 0) is 98.0 Å². The largest absolute Gasteiger partial charge is 0.469 e. The number of esters is 5. The van der Waals surface area contributed by atoms with Crippen molar-refractivity contribution in [3.8, 4) is 0 Å². The highest BCUT2D eigenvalue weighted by Crippen LogP contribution is 2.24. The van der Waals surface area contributed by atoms with Gasteiger partial charge in [-0.2, -0.15) is 0 Å². The first-order chi connectivity index (χ1) is 64.1. The Kier molecular flexibility index (Phi) is 52.3. The fourth-order valence-corrected chi connectivity index (χ4v) is 12.9. The second kappa shape index (κ2) is 61.5. The number of H-pyrrole nitrogens is 1. The Morgan fingerprint density at radius 2 is 1.00 bits per heavy atom. The number of methoxy groups -OCH3 is 4. The number of carbonyl (C=O) groups excluding carboxylic acids is 21. The van der Waals surface area contributed by atoms with Gasteiger partial charge in [0.15, 0.2) is 5.78 Å². The van der Waals surface area contributed by atoms with Crippen molar-refractivity contribution in [3.05, 3.63) is 102 Å². The van der Waals surface area contributed by atoms with Gasteiger partial charge < -0.3 is 123 Å². The summed E-state index contributed by atoms with van der Waals surface area (Å²) in [5.41, 5.74) is 9.13. The molecule has 0 radical (unpaired) electrons. The van der Waals surface area contributed by atoms with Gasteiger partial charge in [-0.1, -0.05) is 118 Å². The normalized spacial score (nSPS) is 13.5. The van der Waals surface area contributed by atoms with Gasteiger partial charge in [0.25, 0.3) is 0 Å². The lowest BCUT2D eigenvalue weighted by Crippen LogP contribution is -2.61. The molecule has 12 atom stereocenters. The Bertz CT molecular complexity index is 4680. The fraction of sp³-hybridized carbons (Fsp3) is 0.557. The molecule has 0 saturated carbocycles. The predicted molar refractivity (Wildman–Crippen MR) is 482 cm³/mol. The SMILES string of the molecule is C=CCOC(=O)NC(CC(=O)c1ccccc1N=[N+]=[N-])C(=O)OC(C)C(NC(=O)C(CC(=O)OC)NC(=O)C(CC(=O)NC(C)(C)C)NC(=O)C(Cc1c[nH]c2ccccc12)NC(=O)CCCCCCCCC)C(=O)NCC(=O)NC(CCCNC)C(=O)NC(CC(=O)OC)C(=O)NC(C)C(=O)NC(CC(=O)OC)C(=O)NCC(=O)NC(COC)C(=O)NC(CCC(C)=O)C(=O)OCC=C. The number of unbranched alkanes of at least 4 members (excludes halogenated alkanes) is 6. The maximum absolute atomic E-state index is 15.1. The van der Waals surface area contributed by atoms with Crippen LogP contribution in [0.3, 0.4) is 0 Å². The molecule has 742 valence electrons. The average molecular weight is 1900 g/mol. The Labute approximate surface area is 780 Å². The number of aromatic nitrogens is 1. The number of ether oxygens (including phenoxy) is 7. The first kappa shape index (κ1) is 115. The highest BCUT2D eigenvalue weighted by molar-refractivity contribution is 6.05. The zero-order chi connectivity index (χ0) is 101. The number of alkyl carbamates (subject to hydrolysis) is 1. The van der Waals surface area contributed by atoms with E-state index in [0.717, 1.165) is 73.4 Å². The number of benzene rings is 2. The molecule has 1 heterocycles. The van der Waals surface area contributed by atoms with Crippen LogP contribution in [-0.2, 0) is 131 Å². The Morgan fingerprint density at radius 3 is 1.58 bits per heavy atom. The molecular formula is C88H127N19O28. The van der Waals surface area contributed by atoms with Crippen LogP contribution in [0.25, 0.3) is 21.3 Å². The van der Waals surface area contributed by atoms with Crippen molar-refractivity contribution in [2.45, 2.75) is 242 Å². The topological polar surface area (TPSA) is 668 Å². The third-order valence-corrected chi connectivity index (χ3v) is 19.9. The molecule has 0 bridgehead atoms. The van der Waals surface area contributed by atoms with E-state index in [4.69, 9.17) is 33.2 Å². The summed E-state index contributed by atoms with van der Waals surface area (Å²) in [6.07, 6.45) is 1.34. The van der Waals surface area contributed by atoms with Crippen LogP contribution < -0.4 is 79.8 Å². The Balaban J connectivity index is 2.11. The zero-order valence-electron chi connectivity index (χ0n) is 77.9. The summed E-state index contributed by atoms with van der Waals surface area (Å²) < 4.78 is 35.3. The molecule has 2 aromatic carbocycles. The van der Waals surface area contributed by atoms with Gasteiger partial charge in [0.1, 0.15) is 91.6 Å². The minimum absolute atomic E-state index is 0.0160. The first-order valence-corrected chi connectivity index (χ1v) is 43.6. The lowest BCUT2D eigenvalue weighted by Gasteiger charge is -2.29. The molecule has 12 unspecified atom stereocenters. The van der Waals surface area contributed by atoms with E-state index in [-0.39, 0.29) is 68.7 Å². The predicted octanol–water partition coefficient (Wildman–Crippen LogP) is 0.117. The number of hydrogen-bond acceptors (Lipinski definition) is 30. The number of hydrogen-bond donors (Lipinski definition) is 16. The van der Waals surface area contributed by atoms with Gasteiger partial charge >= 0.3 is 35.9 Å². The number of fused-ring (bicyclic) bond motifs is 1. The Morgan fingerprint density at radius 1 is 0.496 bits per heavy atom. The van der Waals surface area contributed by atoms with Gasteiger partial charge in [-0.25, -0.2) is 14.4 Å². The first-order valence-electron chi connectivity index (χ1n) is 43.6. The summed E-state index contributed by atoms with van der Waals surface area (Å²) >= 11 is 0. The summed E-state index contributed by atoms with van der Waals surface area (Å²) in [5, 5.41) is 40.2. The van der Waals surface area contributed by atoms with E-state index >= 15 is 9.59 Å². The smallest absolute Gasteiger partial charge is 0.408 e. The molecule has 0 aliphatic carbocycles. The molecule has 16 N–H and O–H groups in total. The van der Waals surface area contributed by atoms with Crippen molar-refractivity contribution in [3.63, 3.8) is 0 Å². The number of ketones is 2. The van der Waals surface area contributed by atoms with E-state index in [9.17, 15) is 96.6 Å². The van der Waals surface area contributed by atoms with E-state index in [1.165, 1.54) is 51.4 Å². The van der Waals surface area contributed by atoms with Crippen molar-refractivity contribution in [2.75, 3.05) is 74.9 Å². The number of nitrogens with zero attached hydrogens (tertiary/aromatic N) is 3. The number of nitrogens with one attached hydrogen (secondary N) is 16. The molecule has 0 aliphatic rings. The van der Waals surface area contributed by atoms with Crippen LogP contribution in [0.5, 0.6) is 0 Å². The number of aromatic amines is 1. The number of carbonyl (C=O) groups is 21. The third kappa shape index (κ3) is 43.8. The van der Waals surface area contributed by atoms with Crippen molar-refractivity contribution < 1.29 is 134 Å². The van der Waals surface area contributed by atoms with Crippen molar-refractivity contribution in [2.24, 2.45) is 5.11 Å². The molecule has 14 amide bonds. The molecule has 0 spiro atoms. The summed E-state index contributed by atoms with van der Waals surface area (Å²) in [7, 11) is 5.50. The molecule has 1 aromatic heterocycles. The molecule has 3 aromatic rings. The number of Topliss-reactive ketones (excluding diaryl/α,β-unsaturated/α-hetero) is 2. The van der Waals surface area contributed by atoms with Gasteiger partial charge in [0.05, 0.1) is 66.7 Å². The maximum atomic E-state index is 15.1. The monoisotopic (exact) mass is 1900 g/mol. The molecule has 0 aliphatic heterocycles. The molecule has 0 saturated heterocycles. The molecule has 0 fully saturated rings. The standard InChI is InChI=1S/C88H127N19O28/c1-15-18-19-20-21-22-23-34-68(110)96-60(40-53-46-91-56-31-26-24-29-54(53)56)80(121)100-61(42-69(111)105-88(7,8)9)81(122)102-64(45-74(116)132-14)82(123)104-75(52(6)135-86(127)65(103-87(128)134-39-17-3)41-67(109)55-30-25-27-32-57(55)106-107-89)84(125)93-48-70(112)95-58(33-28-37-90-10)78(119)101-63(44-73(115)131-13)79(120)94-51(5)76(117)99-62(43-72(114)130-12)77(118)92-47-71(113)97-66(49-129-11)83(124)98-59(36-35-50(4)108)85(126)133-38-16-2/h16-17,24-27,29-32,46,51-52,58-66,75,90-91H,2-3,15,18-23,28,33-45,47-49H2,1,4-14H3,(H,92,118)(H,93,125)(H,94,120)(H,95,112)(H,96,110)(H,97,113)(H,98,124)(H,99,117)(H,100,121)(H,101,119)(H,102,122)(H,103,128)(H,104,123)(H,105,111). The molecule has 47 nitrogen and oxygen atoms in total. The fourth-order valence-electron chi connectivity index (χ4n) is 12.9. The molecule has 135 heavy (non-hydrogen) atoms. The van der Waals surface area contributed by atoms with Crippen LogP contribution in [0.15, 0.2) is 85.2 Å². The zero-order valence-corrected chi connectivity index (χ0v) is 77.9. The van der Waals surface area contributed by atoms with Gasteiger partial charge in [-0.3, -0.25) is 81.5 Å². The second-order valence-corrected chi connectivity index (χ2v) is 32.0. The van der Waals surface area contributed by atoms with Crippen molar-refractivity contribution in [1.29, 1.82) is 0 Å². The van der Waals surface area contributed by atoms with Crippen molar-refractivity contribution in [1.82, 2.24) is 84.7 Å². The summed E-state index contributed by atoms with van der Waals surface area (Å²) in [5.74, 6) is -21.8. The van der Waals surface area contributed by atoms with Crippen LogP contribution in [-0.4, -0.2) is 282 Å². The van der Waals surface area contributed by atoms with E-state index in [1.807, 2.05) is 0 Å².